The molecule has 1 aromatic heterocycles. The summed E-state index contributed by atoms with van der Waals surface area (Å²) in [5.74, 6) is 0.0938. The average molecular weight is 437 g/mol. The van der Waals surface area contributed by atoms with Crippen molar-refractivity contribution in [1.29, 1.82) is 0 Å². The molecule has 0 aliphatic carbocycles. The van der Waals surface area contributed by atoms with Gasteiger partial charge in [0, 0.05) is 16.1 Å². The van der Waals surface area contributed by atoms with Gasteiger partial charge in [0.15, 0.2) is 4.80 Å². The second-order valence-corrected chi connectivity index (χ2v) is 10.5. The zero-order valence-electron chi connectivity index (χ0n) is 17.9. The summed E-state index contributed by atoms with van der Waals surface area (Å²) in [6, 6.07) is 4.97. The van der Waals surface area contributed by atoms with Crippen molar-refractivity contribution in [2.24, 2.45) is 4.99 Å². The van der Waals surface area contributed by atoms with E-state index in [-0.39, 0.29) is 23.0 Å². The number of carbonyl (C=O) groups excluding carboxylic acids is 1. The molecule has 158 valence electrons. The molecule has 7 heteroatoms. The van der Waals surface area contributed by atoms with Crippen LogP contribution in [0, 0.1) is 0 Å². The summed E-state index contributed by atoms with van der Waals surface area (Å²) in [5, 5.41) is 0.473. The van der Waals surface area contributed by atoms with Crippen LogP contribution in [0.1, 0.15) is 62.7 Å². The Labute approximate surface area is 181 Å². The van der Waals surface area contributed by atoms with Gasteiger partial charge in [-0.15, -0.1) is 11.3 Å². The fourth-order valence-corrected chi connectivity index (χ4v) is 4.59. The molecule has 0 N–H and O–H groups in total. The van der Waals surface area contributed by atoms with Crippen molar-refractivity contribution in [3.63, 3.8) is 0 Å². The molecule has 3 rings (SSSR count). The van der Waals surface area contributed by atoms with Crippen molar-refractivity contribution in [1.82, 2.24) is 4.57 Å². The van der Waals surface area contributed by atoms with Crippen molar-refractivity contribution in [2.45, 2.75) is 71.1 Å². The average Bonchev–Trinajstić information content (AvgIpc) is 3.17. The van der Waals surface area contributed by atoms with Gasteiger partial charge in [-0.3, -0.25) is 4.79 Å². The lowest BCUT2D eigenvalue weighted by Gasteiger charge is -2.19. The fraction of sp³-hybridized carbons (Fsp3) is 0.545. The summed E-state index contributed by atoms with van der Waals surface area (Å²) in [7, 11) is 1.53. The van der Waals surface area contributed by atoms with E-state index in [1.807, 2.05) is 4.57 Å². The maximum atomic E-state index is 13.0. The first-order chi connectivity index (χ1) is 13.5. The van der Waals surface area contributed by atoms with Gasteiger partial charge in [0.2, 0.25) is 0 Å². The number of nitrogens with zero attached hydrogens (tertiary/aromatic N) is 2. The Morgan fingerprint density at radius 3 is 2.72 bits per heavy atom. The number of amides is 1. The fourth-order valence-electron chi connectivity index (χ4n) is 3.36. The molecule has 1 unspecified atom stereocenters. The number of methoxy groups -OCH3 is 1. The molecule has 2 aromatic rings. The number of hydrogen-bond donors (Lipinski definition) is 0. The minimum absolute atomic E-state index is 0.0349. The summed E-state index contributed by atoms with van der Waals surface area (Å²) in [5.41, 5.74) is 0.220. The minimum atomic E-state index is -0.368. The van der Waals surface area contributed by atoms with E-state index in [2.05, 4.69) is 45.8 Å². The number of ether oxygens (including phenoxy) is 2. The van der Waals surface area contributed by atoms with E-state index in [9.17, 15) is 4.79 Å². The number of hydrogen-bond acceptors (Lipinski definition) is 4. The Morgan fingerprint density at radius 1 is 1.41 bits per heavy atom. The van der Waals surface area contributed by atoms with Crippen LogP contribution in [0.2, 0.25) is 5.02 Å². The van der Waals surface area contributed by atoms with Crippen molar-refractivity contribution >= 4 is 28.8 Å². The molecule has 1 aromatic carbocycles. The van der Waals surface area contributed by atoms with Gasteiger partial charge in [-0.25, -0.2) is 0 Å². The van der Waals surface area contributed by atoms with E-state index >= 15 is 0 Å². The van der Waals surface area contributed by atoms with Gasteiger partial charge in [-0.05, 0) is 50.3 Å². The first-order valence-electron chi connectivity index (χ1n) is 9.80. The predicted molar refractivity (Wildman–Crippen MR) is 117 cm³/mol. The van der Waals surface area contributed by atoms with Crippen LogP contribution in [0.25, 0.3) is 0 Å². The van der Waals surface area contributed by atoms with E-state index < -0.39 is 0 Å². The maximum Gasteiger partial charge on any atom is 0.283 e. The number of carbonyl (C=O) groups is 1. The van der Waals surface area contributed by atoms with E-state index in [1.54, 1.807) is 18.2 Å². The molecule has 29 heavy (non-hydrogen) atoms. The topological polar surface area (TPSA) is 52.8 Å². The van der Waals surface area contributed by atoms with Crippen LogP contribution >= 0.6 is 22.9 Å². The van der Waals surface area contributed by atoms with Crippen LogP contribution in [-0.2, 0) is 16.7 Å². The largest absolute Gasteiger partial charge is 0.496 e. The monoisotopic (exact) mass is 436 g/mol. The Kier molecular flexibility index (Phi) is 6.27. The quantitative estimate of drug-likeness (QED) is 0.661. The summed E-state index contributed by atoms with van der Waals surface area (Å²) in [6.45, 7) is 11.4. The van der Waals surface area contributed by atoms with Gasteiger partial charge >= 0.3 is 0 Å². The maximum absolute atomic E-state index is 13.0. The summed E-state index contributed by atoms with van der Waals surface area (Å²) in [4.78, 5) is 19.2. The van der Waals surface area contributed by atoms with Crippen LogP contribution in [0.3, 0.4) is 0 Å². The van der Waals surface area contributed by atoms with Crippen LogP contribution < -0.4 is 9.54 Å². The number of aromatic nitrogens is 1. The van der Waals surface area contributed by atoms with Crippen LogP contribution in [0.5, 0.6) is 5.75 Å². The van der Waals surface area contributed by atoms with Gasteiger partial charge in [-0.2, -0.15) is 4.99 Å². The zero-order valence-corrected chi connectivity index (χ0v) is 19.5. The normalized spacial score (nSPS) is 19.6. The third kappa shape index (κ3) is 5.30. The molecule has 0 radical (unpaired) electrons. The molecule has 0 saturated carbocycles. The van der Waals surface area contributed by atoms with Gasteiger partial charge in [0.25, 0.3) is 5.91 Å². The smallest absolute Gasteiger partial charge is 0.283 e. The standard InChI is InChI=1S/C22H29ClN2O3S/c1-21(2,3)18-13-25(12-15-9-10-22(4,5)28-15)20(29-18)24-19(26)16-11-14(23)7-8-17(16)27-6/h7-8,11,13,15H,9-10,12H2,1-6H3. The van der Waals surface area contributed by atoms with Crippen LogP contribution in [0.15, 0.2) is 29.4 Å². The molecule has 1 aliphatic heterocycles. The molecule has 1 atom stereocenters. The third-order valence-electron chi connectivity index (χ3n) is 5.00. The SMILES string of the molecule is COc1ccc(Cl)cc1C(=O)N=c1sc(C(C)(C)C)cn1CC1CCC(C)(C)O1. The molecular weight excluding hydrogens is 408 g/mol. The second kappa shape index (κ2) is 8.25. The van der Waals surface area contributed by atoms with Gasteiger partial charge < -0.3 is 14.0 Å². The highest BCUT2D eigenvalue weighted by atomic mass is 35.5. The lowest BCUT2D eigenvalue weighted by molar-refractivity contribution is -0.0220. The third-order valence-corrected chi connectivity index (χ3v) is 6.68. The van der Waals surface area contributed by atoms with Crippen molar-refractivity contribution in [3.05, 3.63) is 44.7 Å². The highest BCUT2D eigenvalue weighted by molar-refractivity contribution is 7.09. The highest BCUT2D eigenvalue weighted by Gasteiger charge is 2.32. The van der Waals surface area contributed by atoms with Gasteiger partial charge in [0.05, 0.1) is 30.9 Å². The number of thiazole rings is 1. The lowest BCUT2D eigenvalue weighted by atomic mass is 9.95. The molecule has 2 heterocycles. The van der Waals surface area contributed by atoms with Crippen molar-refractivity contribution in [2.75, 3.05) is 7.11 Å². The first-order valence-corrected chi connectivity index (χ1v) is 11.0. The van der Waals surface area contributed by atoms with Crippen molar-refractivity contribution in [3.8, 4) is 5.75 Å². The summed E-state index contributed by atoms with van der Waals surface area (Å²) >= 11 is 7.62. The molecule has 1 aliphatic rings. The number of halogens is 1. The molecule has 1 saturated heterocycles. The molecule has 5 nitrogen and oxygen atoms in total. The first kappa shape index (κ1) is 22.1. The summed E-state index contributed by atoms with van der Waals surface area (Å²) in [6.07, 6.45) is 4.23. The molecule has 1 fully saturated rings. The van der Waals surface area contributed by atoms with E-state index in [0.717, 1.165) is 12.8 Å². The number of rotatable bonds is 4. The van der Waals surface area contributed by atoms with E-state index in [1.165, 1.54) is 23.3 Å². The predicted octanol–water partition coefficient (Wildman–Crippen LogP) is 5.21. The Hall–Kier alpha value is -1.63. The van der Waals surface area contributed by atoms with Gasteiger partial charge in [-0.1, -0.05) is 32.4 Å². The molecule has 1 amide bonds. The van der Waals surface area contributed by atoms with Crippen LogP contribution in [0.4, 0.5) is 0 Å². The van der Waals surface area contributed by atoms with Crippen molar-refractivity contribution < 1.29 is 14.3 Å². The Morgan fingerprint density at radius 2 is 2.14 bits per heavy atom. The van der Waals surface area contributed by atoms with E-state index in [0.29, 0.717) is 27.7 Å². The van der Waals surface area contributed by atoms with E-state index in [4.69, 9.17) is 21.1 Å². The molecular formula is C22H29ClN2O3S. The molecule has 0 bridgehead atoms. The zero-order chi connectivity index (χ0) is 21.4. The number of benzene rings is 1. The highest BCUT2D eigenvalue weighted by Crippen LogP contribution is 2.31. The van der Waals surface area contributed by atoms with Gasteiger partial charge in [0.1, 0.15) is 5.75 Å². The molecule has 0 spiro atoms. The lowest BCUT2D eigenvalue weighted by Crippen LogP contribution is -2.26. The Bertz CT molecular complexity index is 969. The minimum Gasteiger partial charge on any atom is -0.496 e. The van der Waals surface area contributed by atoms with Crippen LogP contribution in [-0.4, -0.2) is 29.3 Å². The summed E-state index contributed by atoms with van der Waals surface area (Å²) < 4.78 is 13.5. The Balaban J connectivity index is 2.00. The second-order valence-electron chi connectivity index (χ2n) is 9.08.